The Morgan fingerprint density at radius 2 is 1.61 bits per heavy atom. The Kier molecular flexibility index (Phi) is 6.06. The fraction of sp³-hybridized carbons (Fsp3) is 0.190. The fourth-order valence-electron chi connectivity index (χ4n) is 2.90. The van der Waals surface area contributed by atoms with Crippen molar-refractivity contribution in [3.63, 3.8) is 0 Å². The summed E-state index contributed by atoms with van der Waals surface area (Å²) in [4.78, 5) is 22.0. The first-order valence-corrected chi connectivity index (χ1v) is 9.14. The molecule has 0 spiro atoms. The summed E-state index contributed by atoms with van der Waals surface area (Å²) in [6.45, 7) is 6.19. The van der Waals surface area contributed by atoms with E-state index in [-0.39, 0.29) is 5.56 Å². The first kappa shape index (κ1) is 19.2. The van der Waals surface area contributed by atoms with Gasteiger partial charge in [-0.15, -0.1) is 0 Å². The second-order valence-electron chi connectivity index (χ2n) is 6.11. The minimum atomic E-state index is -0.996. The number of anilines is 5. The van der Waals surface area contributed by atoms with Gasteiger partial charge in [0, 0.05) is 30.5 Å². The van der Waals surface area contributed by atoms with E-state index in [0.29, 0.717) is 17.3 Å². The predicted octanol–water partition coefficient (Wildman–Crippen LogP) is 4.51. The van der Waals surface area contributed by atoms with E-state index in [1.165, 1.54) is 12.0 Å². The fourth-order valence-corrected chi connectivity index (χ4v) is 2.90. The quantitative estimate of drug-likeness (QED) is 0.532. The highest BCUT2D eigenvalue weighted by Crippen LogP contribution is 2.23. The van der Waals surface area contributed by atoms with Gasteiger partial charge >= 0.3 is 5.97 Å². The first-order valence-electron chi connectivity index (χ1n) is 9.14. The lowest BCUT2D eigenvalue weighted by atomic mass is 10.2. The maximum atomic E-state index is 11.4. The van der Waals surface area contributed by atoms with Crippen LogP contribution in [0.1, 0.15) is 24.2 Å². The molecule has 0 atom stereocenters. The van der Waals surface area contributed by atoms with Crippen molar-refractivity contribution < 1.29 is 9.90 Å². The van der Waals surface area contributed by atoms with Gasteiger partial charge in [0.15, 0.2) is 0 Å². The molecular weight excluding hydrogens is 354 g/mol. The summed E-state index contributed by atoms with van der Waals surface area (Å²) in [5, 5.41) is 15.6. The molecule has 2 aromatic carbocycles. The third-order valence-corrected chi connectivity index (χ3v) is 4.36. The molecule has 3 aromatic rings. The molecule has 0 unspecified atom stereocenters. The third-order valence-electron chi connectivity index (χ3n) is 4.36. The van der Waals surface area contributed by atoms with Gasteiger partial charge in [-0.25, -0.2) is 14.8 Å². The summed E-state index contributed by atoms with van der Waals surface area (Å²) < 4.78 is 0. The summed E-state index contributed by atoms with van der Waals surface area (Å²) in [5.74, 6) is 0.121. The standard InChI is InChI=1S/C21H23N5O2/c1-3-26(4-2)16-11-9-15(10-12-16)24-19-13-20(23-14-22-19)25-18-8-6-5-7-17(18)21(27)28/h5-14H,3-4H2,1-2H3,(H,27,28)(H2,22,23,24,25). The second kappa shape index (κ2) is 8.85. The third kappa shape index (κ3) is 4.56. The summed E-state index contributed by atoms with van der Waals surface area (Å²) >= 11 is 0. The summed E-state index contributed by atoms with van der Waals surface area (Å²) in [5.41, 5.74) is 2.74. The highest BCUT2D eigenvalue weighted by atomic mass is 16.4. The van der Waals surface area contributed by atoms with Crippen LogP contribution in [0.25, 0.3) is 0 Å². The molecule has 28 heavy (non-hydrogen) atoms. The van der Waals surface area contributed by atoms with Gasteiger partial charge in [-0.1, -0.05) is 12.1 Å². The van der Waals surface area contributed by atoms with Crippen LogP contribution in [0.4, 0.5) is 28.7 Å². The van der Waals surface area contributed by atoms with Crippen LogP contribution >= 0.6 is 0 Å². The molecular formula is C21H23N5O2. The lowest BCUT2D eigenvalue weighted by Gasteiger charge is -2.21. The molecule has 3 rings (SSSR count). The van der Waals surface area contributed by atoms with Crippen molar-refractivity contribution in [1.29, 1.82) is 0 Å². The number of aromatic nitrogens is 2. The van der Waals surface area contributed by atoms with Gasteiger partial charge in [0.25, 0.3) is 0 Å². The Bertz CT molecular complexity index is 940. The Balaban J connectivity index is 1.74. The number of para-hydroxylation sites is 1. The molecule has 144 valence electrons. The topological polar surface area (TPSA) is 90.4 Å². The number of aromatic carboxylic acids is 1. The zero-order chi connectivity index (χ0) is 19.9. The molecule has 0 bridgehead atoms. The van der Waals surface area contributed by atoms with Crippen molar-refractivity contribution >= 4 is 34.7 Å². The van der Waals surface area contributed by atoms with Gasteiger partial charge in [-0.3, -0.25) is 0 Å². The van der Waals surface area contributed by atoms with Gasteiger partial charge in [0.05, 0.1) is 11.3 Å². The maximum absolute atomic E-state index is 11.4. The van der Waals surface area contributed by atoms with Crippen LogP contribution in [0.15, 0.2) is 60.9 Å². The molecule has 0 saturated heterocycles. The van der Waals surface area contributed by atoms with Gasteiger partial charge in [0.2, 0.25) is 0 Å². The molecule has 0 aliphatic heterocycles. The maximum Gasteiger partial charge on any atom is 0.337 e. The lowest BCUT2D eigenvalue weighted by Crippen LogP contribution is -2.21. The van der Waals surface area contributed by atoms with Crippen molar-refractivity contribution in [3.8, 4) is 0 Å². The van der Waals surface area contributed by atoms with Crippen molar-refractivity contribution in [2.75, 3.05) is 28.6 Å². The molecule has 7 heteroatoms. The first-order chi connectivity index (χ1) is 13.6. The van der Waals surface area contributed by atoms with Crippen LogP contribution in [0.3, 0.4) is 0 Å². The van der Waals surface area contributed by atoms with E-state index < -0.39 is 5.97 Å². The van der Waals surface area contributed by atoms with Gasteiger partial charge in [-0.05, 0) is 50.2 Å². The zero-order valence-electron chi connectivity index (χ0n) is 15.9. The molecule has 7 nitrogen and oxygen atoms in total. The van der Waals surface area contributed by atoms with E-state index in [4.69, 9.17) is 0 Å². The summed E-state index contributed by atoms with van der Waals surface area (Å²) in [6, 6.07) is 16.6. The average molecular weight is 377 g/mol. The molecule has 3 N–H and O–H groups in total. The monoisotopic (exact) mass is 377 g/mol. The minimum Gasteiger partial charge on any atom is -0.478 e. The molecule has 0 fully saturated rings. The molecule has 1 aromatic heterocycles. The SMILES string of the molecule is CCN(CC)c1ccc(Nc2cc(Nc3ccccc3C(=O)O)ncn2)cc1. The number of carboxylic acid groups (broad SMARTS) is 1. The van der Waals surface area contributed by atoms with Crippen LogP contribution in [-0.2, 0) is 0 Å². The lowest BCUT2D eigenvalue weighted by molar-refractivity contribution is 0.0698. The van der Waals surface area contributed by atoms with Crippen molar-refractivity contribution in [2.24, 2.45) is 0 Å². The number of carboxylic acids is 1. The Hall–Kier alpha value is -3.61. The normalized spacial score (nSPS) is 10.4. The Morgan fingerprint density at radius 3 is 2.25 bits per heavy atom. The molecule has 0 aliphatic rings. The number of hydrogen-bond donors (Lipinski definition) is 3. The highest BCUT2D eigenvalue weighted by Gasteiger charge is 2.10. The summed E-state index contributed by atoms with van der Waals surface area (Å²) in [7, 11) is 0. The second-order valence-corrected chi connectivity index (χ2v) is 6.11. The van der Waals surface area contributed by atoms with E-state index in [2.05, 4.69) is 51.5 Å². The predicted molar refractivity (Wildman–Crippen MR) is 112 cm³/mol. The molecule has 0 radical (unpaired) electrons. The van der Waals surface area contributed by atoms with Gasteiger partial charge in [-0.2, -0.15) is 0 Å². The van der Waals surface area contributed by atoms with Crippen LogP contribution < -0.4 is 15.5 Å². The van der Waals surface area contributed by atoms with Crippen LogP contribution in [0.5, 0.6) is 0 Å². The average Bonchev–Trinajstić information content (AvgIpc) is 2.71. The number of hydrogen-bond acceptors (Lipinski definition) is 6. The van der Waals surface area contributed by atoms with E-state index in [1.807, 2.05) is 12.1 Å². The molecule has 1 heterocycles. The van der Waals surface area contributed by atoms with Crippen molar-refractivity contribution in [1.82, 2.24) is 9.97 Å². The molecule has 0 aliphatic carbocycles. The zero-order valence-corrected chi connectivity index (χ0v) is 15.9. The van der Waals surface area contributed by atoms with E-state index in [0.717, 1.165) is 18.8 Å². The number of rotatable bonds is 8. The smallest absolute Gasteiger partial charge is 0.337 e. The van der Waals surface area contributed by atoms with Gasteiger partial charge in [0.1, 0.15) is 18.0 Å². The molecule has 0 saturated carbocycles. The van der Waals surface area contributed by atoms with Crippen molar-refractivity contribution in [2.45, 2.75) is 13.8 Å². The highest BCUT2D eigenvalue weighted by molar-refractivity contribution is 5.95. The molecule has 0 amide bonds. The van der Waals surface area contributed by atoms with E-state index >= 15 is 0 Å². The van der Waals surface area contributed by atoms with Crippen molar-refractivity contribution in [3.05, 3.63) is 66.5 Å². The Morgan fingerprint density at radius 1 is 0.964 bits per heavy atom. The number of nitrogens with zero attached hydrogens (tertiary/aromatic N) is 3. The van der Waals surface area contributed by atoms with E-state index in [1.54, 1.807) is 30.3 Å². The Labute approximate surface area is 164 Å². The minimum absolute atomic E-state index is 0.183. The van der Waals surface area contributed by atoms with E-state index in [9.17, 15) is 9.90 Å². The largest absolute Gasteiger partial charge is 0.478 e. The number of benzene rings is 2. The van der Waals surface area contributed by atoms with Crippen LogP contribution in [0, 0.1) is 0 Å². The number of nitrogens with one attached hydrogen (secondary N) is 2. The number of carbonyl (C=O) groups is 1. The van der Waals surface area contributed by atoms with Crippen LogP contribution in [-0.4, -0.2) is 34.1 Å². The van der Waals surface area contributed by atoms with Gasteiger partial charge < -0.3 is 20.6 Å². The summed E-state index contributed by atoms with van der Waals surface area (Å²) in [6.07, 6.45) is 1.43. The van der Waals surface area contributed by atoms with Crippen LogP contribution in [0.2, 0.25) is 0 Å².